The SMILES string of the molecule is CCCc1nnc([C@@H](Cc2ccc(OCc3ccc(-c4ccc(C(F)(F)F)cc4)cc3)cc2)n2cccc2)o1. The number of hydrogen-bond donors (Lipinski definition) is 0. The third-order valence-electron chi connectivity index (χ3n) is 6.48. The summed E-state index contributed by atoms with van der Waals surface area (Å²) in [5.74, 6) is 1.99. The Balaban J connectivity index is 1.20. The monoisotopic (exact) mass is 531 g/mol. The van der Waals surface area contributed by atoms with Crippen molar-refractivity contribution in [2.24, 2.45) is 0 Å². The molecule has 2 aromatic heterocycles. The summed E-state index contributed by atoms with van der Waals surface area (Å²) in [7, 11) is 0. The molecule has 0 bridgehead atoms. The summed E-state index contributed by atoms with van der Waals surface area (Å²) in [5, 5.41) is 8.49. The van der Waals surface area contributed by atoms with Gasteiger partial charge in [0.15, 0.2) is 0 Å². The Hall–Kier alpha value is -4.33. The fraction of sp³-hybridized carbons (Fsp3) is 0.226. The fourth-order valence-electron chi connectivity index (χ4n) is 4.35. The number of nitrogens with zero attached hydrogens (tertiary/aromatic N) is 3. The van der Waals surface area contributed by atoms with E-state index in [4.69, 9.17) is 9.15 Å². The maximum atomic E-state index is 12.8. The summed E-state index contributed by atoms with van der Waals surface area (Å²) in [5.41, 5.74) is 2.99. The normalized spacial score (nSPS) is 12.4. The number of benzene rings is 3. The Morgan fingerprint density at radius 2 is 1.44 bits per heavy atom. The molecule has 0 aliphatic rings. The van der Waals surface area contributed by atoms with Crippen molar-refractivity contribution in [3.63, 3.8) is 0 Å². The summed E-state index contributed by atoms with van der Waals surface area (Å²) in [6.45, 7) is 2.45. The zero-order valence-corrected chi connectivity index (χ0v) is 21.4. The van der Waals surface area contributed by atoms with Crippen LogP contribution in [0.2, 0.25) is 0 Å². The summed E-state index contributed by atoms with van der Waals surface area (Å²) >= 11 is 0. The molecule has 5 rings (SSSR count). The van der Waals surface area contributed by atoms with E-state index in [9.17, 15) is 13.2 Å². The summed E-state index contributed by atoms with van der Waals surface area (Å²) in [4.78, 5) is 0. The highest BCUT2D eigenvalue weighted by Gasteiger charge is 2.30. The van der Waals surface area contributed by atoms with E-state index in [0.717, 1.165) is 53.0 Å². The topological polar surface area (TPSA) is 53.1 Å². The van der Waals surface area contributed by atoms with Crippen LogP contribution in [0, 0.1) is 0 Å². The van der Waals surface area contributed by atoms with Gasteiger partial charge in [0.1, 0.15) is 18.4 Å². The minimum Gasteiger partial charge on any atom is -0.489 e. The van der Waals surface area contributed by atoms with E-state index in [2.05, 4.69) is 21.7 Å². The molecule has 0 N–H and O–H groups in total. The zero-order valence-electron chi connectivity index (χ0n) is 21.4. The van der Waals surface area contributed by atoms with Crippen molar-refractivity contribution in [1.82, 2.24) is 14.8 Å². The molecule has 0 aliphatic heterocycles. The van der Waals surface area contributed by atoms with Crippen LogP contribution in [0.3, 0.4) is 0 Å². The molecule has 0 radical (unpaired) electrons. The summed E-state index contributed by atoms with van der Waals surface area (Å²) < 4.78 is 52.4. The van der Waals surface area contributed by atoms with Crippen LogP contribution >= 0.6 is 0 Å². The first kappa shape index (κ1) is 26.3. The molecule has 0 amide bonds. The minimum absolute atomic E-state index is 0.104. The average Bonchev–Trinajstić information content (AvgIpc) is 3.64. The van der Waals surface area contributed by atoms with E-state index in [-0.39, 0.29) is 6.04 Å². The maximum absolute atomic E-state index is 12.8. The van der Waals surface area contributed by atoms with Crippen LogP contribution in [0.1, 0.15) is 47.9 Å². The molecular weight excluding hydrogens is 503 g/mol. The van der Waals surface area contributed by atoms with Crippen molar-refractivity contribution in [1.29, 1.82) is 0 Å². The Morgan fingerprint density at radius 1 is 0.821 bits per heavy atom. The molecule has 5 aromatic rings. The fourth-order valence-corrected chi connectivity index (χ4v) is 4.35. The van der Waals surface area contributed by atoms with Gasteiger partial charge < -0.3 is 13.7 Å². The number of rotatable bonds is 10. The van der Waals surface area contributed by atoms with E-state index < -0.39 is 11.7 Å². The third-order valence-corrected chi connectivity index (χ3v) is 6.48. The molecule has 0 fully saturated rings. The molecule has 0 spiro atoms. The van der Waals surface area contributed by atoms with E-state index in [1.54, 1.807) is 0 Å². The molecule has 1 atom stereocenters. The molecule has 39 heavy (non-hydrogen) atoms. The molecule has 0 saturated heterocycles. The van der Waals surface area contributed by atoms with Crippen molar-refractivity contribution >= 4 is 0 Å². The second-order valence-corrected chi connectivity index (χ2v) is 9.34. The van der Waals surface area contributed by atoms with Gasteiger partial charge in [-0.1, -0.05) is 55.5 Å². The highest BCUT2D eigenvalue weighted by Crippen LogP contribution is 2.31. The molecule has 3 aromatic carbocycles. The predicted molar refractivity (Wildman–Crippen MR) is 142 cm³/mol. The number of aromatic nitrogens is 3. The number of alkyl halides is 3. The van der Waals surface area contributed by atoms with Gasteiger partial charge >= 0.3 is 6.18 Å². The molecule has 0 unspecified atom stereocenters. The van der Waals surface area contributed by atoms with Crippen molar-refractivity contribution in [2.75, 3.05) is 0 Å². The van der Waals surface area contributed by atoms with Crippen LogP contribution in [-0.2, 0) is 25.6 Å². The van der Waals surface area contributed by atoms with E-state index in [0.29, 0.717) is 24.8 Å². The standard InChI is InChI=1S/C31H28F3N3O2/c1-2-5-29-35-36-30(39-29)28(37-18-3-4-19-37)20-22-8-16-27(17-9-22)38-21-23-6-10-24(11-7-23)25-12-14-26(15-13-25)31(32,33)34/h3-4,6-19,28H,2,5,20-21H2,1H3/t28-/m1/s1. The third kappa shape index (κ3) is 6.57. The molecule has 2 heterocycles. The summed E-state index contributed by atoms with van der Waals surface area (Å²) in [6, 6.07) is 24.6. The molecule has 8 heteroatoms. The second kappa shape index (κ2) is 11.6. The van der Waals surface area contributed by atoms with E-state index in [1.165, 1.54) is 12.1 Å². The minimum atomic E-state index is -4.34. The number of hydrogen-bond acceptors (Lipinski definition) is 4. The van der Waals surface area contributed by atoms with Gasteiger partial charge in [-0.15, -0.1) is 10.2 Å². The van der Waals surface area contributed by atoms with Crippen LogP contribution in [0.5, 0.6) is 5.75 Å². The van der Waals surface area contributed by atoms with Crippen LogP contribution in [0.15, 0.2) is 102 Å². The van der Waals surface area contributed by atoms with Gasteiger partial charge in [-0.25, -0.2) is 0 Å². The number of halogens is 3. The van der Waals surface area contributed by atoms with E-state index in [1.807, 2.05) is 73.1 Å². The lowest BCUT2D eigenvalue weighted by molar-refractivity contribution is -0.137. The Morgan fingerprint density at radius 3 is 2.05 bits per heavy atom. The Bertz CT molecular complexity index is 1460. The highest BCUT2D eigenvalue weighted by molar-refractivity contribution is 5.64. The molecule has 200 valence electrons. The van der Waals surface area contributed by atoms with Crippen LogP contribution in [-0.4, -0.2) is 14.8 Å². The van der Waals surface area contributed by atoms with Gasteiger partial charge in [-0.3, -0.25) is 0 Å². The Labute approximate surface area is 224 Å². The highest BCUT2D eigenvalue weighted by atomic mass is 19.4. The lowest BCUT2D eigenvalue weighted by atomic mass is 10.0. The van der Waals surface area contributed by atoms with Gasteiger partial charge in [-0.2, -0.15) is 13.2 Å². The van der Waals surface area contributed by atoms with Crippen LogP contribution < -0.4 is 4.74 Å². The van der Waals surface area contributed by atoms with Gasteiger partial charge in [-0.05, 0) is 65.1 Å². The van der Waals surface area contributed by atoms with Gasteiger partial charge in [0, 0.05) is 25.2 Å². The Kier molecular flexibility index (Phi) is 7.81. The predicted octanol–water partition coefficient (Wildman–Crippen LogP) is 7.92. The molecule has 0 saturated carbocycles. The van der Waals surface area contributed by atoms with Gasteiger partial charge in [0.25, 0.3) is 0 Å². The van der Waals surface area contributed by atoms with Crippen molar-refractivity contribution in [2.45, 2.75) is 45.0 Å². The summed E-state index contributed by atoms with van der Waals surface area (Å²) in [6.07, 6.45) is 2.04. The zero-order chi connectivity index (χ0) is 27.2. The molecule has 5 nitrogen and oxygen atoms in total. The number of aryl methyl sites for hydroxylation is 1. The first-order valence-corrected chi connectivity index (χ1v) is 12.8. The van der Waals surface area contributed by atoms with Crippen LogP contribution in [0.25, 0.3) is 11.1 Å². The lowest BCUT2D eigenvalue weighted by Gasteiger charge is -2.16. The largest absolute Gasteiger partial charge is 0.489 e. The van der Waals surface area contributed by atoms with E-state index >= 15 is 0 Å². The van der Waals surface area contributed by atoms with Crippen molar-refractivity contribution < 1.29 is 22.3 Å². The average molecular weight is 532 g/mol. The van der Waals surface area contributed by atoms with Crippen molar-refractivity contribution in [3.8, 4) is 16.9 Å². The molecular formula is C31H28F3N3O2. The lowest BCUT2D eigenvalue weighted by Crippen LogP contribution is -2.12. The number of ether oxygens (including phenoxy) is 1. The first-order chi connectivity index (χ1) is 18.9. The maximum Gasteiger partial charge on any atom is 0.416 e. The van der Waals surface area contributed by atoms with Gasteiger partial charge in [0.05, 0.1) is 5.56 Å². The van der Waals surface area contributed by atoms with Crippen molar-refractivity contribution in [3.05, 3.63) is 126 Å². The second-order valence-electron chi connectivity index (χ2n) is 9.34. The first-order valence-electron chi connectivity index (χ1n) is 12.8. The van der Waals surface area contributed by atoms with Crippen LogP contribution in [0.4, 0.5) is 13.2 Å². The van der Waals surface area contributed by atoms with Gasteiger partial charge in [0.2, 0.25) is 11.8 Å². The smallest absolute Gasteiger partial charge is 0.416 e. The molecule has 0 aliphatic carbocycles. The quantitative estimate of drug-likeness (QED) is 0.184.